The summed E-state index contributed by atoms with van der Waals surface area (Å²) in [4.78, 5) is 17.2. The fourth-order valence-corrected chi connectivity index (χ4v) is 6.34. The summed E-state index contributed by atoms with van der Waals surface area (Å²) < 4.78 is 11.0. The monoisotopic (exact) mass is 580 g/mol. The van der Waals surface area contributed by atoms with Crippen LogP contribution in [0.3, 0.4) is 0 Å². The van der Waals surface area contributed by atoms with E-state index in [0.29, 0.717) is 12.5 Å². The highest BCUT2D eigenvalue weighted by Gasteiger charge is 2.21. The Labute approximate surface area is 255 Å². The number of nitrogens with one attached hydrogen (secondary N) is 1. The lowest BCUT2D eigenvalue weighted by atomic mass is 10.0. The SMILES string of the molecule is COc1cccc(CNc2nccc(-c3cc(N4CCN(CCCN5CCCCC5)CC4)c4cc(OC)ccc4c3)n2)c1. The molecule has 6 rings (SSSR count). The first-order chi connectivity index (χ1) is 21.2. The van der Waals surface area contributed by atoms with Gasteiger partial charge >= 0.3 is 0 Å². The smallest absolute Gasteiger partial charge is 0.223 e. The molecule has 1 N–H and O–H groups in total. The Morgan fingerprint density at radius 2 is 1.53 bits per heavy atom. The lowest BCUT2D eigenvalue weighted by molar-refractivity contribution is 0.198. The second kappa shape index (κ2) is 14.1. The number of fused-ring (bicyclic) bond motifs is 1. The van der Waals surface area contributed by atoms with Crippen LogP contribution in [-0.2, 0) is 6.54 Å². The highest BCUT2D eigenvalue weighted by molar-refractivity contribution is 5.98. The van der Waals surface area contributed by atoms with E-state index in [4.69, 9.17) is 14.5 Å². The molecule has 0 amide bonds. The van der Waals surface area contributed by atoms with Gasteiger partial charge in [-0.2, -0.15) is 0 Å². The van der Waals surface area contributed by atoms with Gasteiger partial charge in [-0.05, 0) is 98.9 Å². The highest BCUT2D eigenvalue weighted by Crippen LogP contribution is 2.35. The molecule has 2 saturated heterocycles. The number of rotatable bonds is 11. The maximum absolute atomic E-state index is 5.62. The van der Waals surface area contributed by atoms with Crippen molar-refractivity contribution in [3.8, 4) is 22.8 Å². The summed E-state index contributed by atoms with van der Waals surface area (Å²) in [6.07, 6.45) is 7.23. The third kappa shape index (κ3) is 7.37. The molecule has 8 heteroatoms. The molecular formula is C35H44N6O2. The Morgan fingerprint density at radius 3 is 2.33 bits per heavy atom. The number of benzene rings is 3. The molecule has 2 aliphatic heterocycles. The molecule has 0 spiro atoms. The molecule has 0 radical (unpaired) electrons. The van der Waals surface area contributed by atoms with E-state index in [1.807, 2.05) is 36.5 Å². The molecule has 3 heterocycles. The van der Waals surface area contributed by atoms with Crippen molar-refractivity contribution in [3.05, 3.63) is 72.4 Å². The standard InChI is InChI=1S/C35H44N6O2/c1-42-30-9-6-8-27(22-30)26-37-35-36-13-12-33(38-35)29-23-28-10-11-31(43-2)25-32(28)34(24-29)41-20-18-40(19-21-41)17-7-16-39-14-4-3-5-15-39/h6,8-13,22-25H,3-5,7,14-21,26H2,1-2H3,(H,36,37,38). The predicted molar refractivity (Wildman–Crippen MR) is 175 cm³/mol. The molecule has 0 bridgehead atoms. The average Bonchev–Trinajstić information content (AvgIpc) is 3.07. The van der Waals surface area contributed by atoms with Gasteiger partial charge in [-0.15, -0.1) is 0 Å². The molecule has 226 valence electrons. The Kier molecular flexibility index (Phi) is 9.55. The quantitative estimate of drug-likeness (QED) is 0.234. The summed E-state index contributed by atoms with van der Waals surface area (Å²) >= 11 is 0. The Morgan fingerprint density at radius 1 is 0.767 bits per heavy atom. The van der Waals surface area contributed by atoms with Crippen LogP contribution in [0.4, 0.5) is 11.6 Å². The minimum absolute atomic E-state index is 0.606. The van der Waals surface area contributed by atoms with E-state index < -0.39 is 0 Å². The molecule has 0 atom stereocenters. The van der Waals surface area contributed by atoms with Crippen molar-refractivity contribution in [1.29, 1.82) is 0 Å². The average molecular weight is 581 g/mol. The number of nitrogens with zero attached hydrogens (tertiary/aromatic N) is 5. The Hall–Kier alpha value is -3.88. The van der Waals surface area contributed by atoms with Crippen molar-refractivity contribution in [2.24, 2.45) is 0 Å². The maximum atomic E-state index is 5.62. The number of piperazine rings is 1. The third-order valence-corrected chi connectivity index (χ3v) is 8.79. The van der Waals surface area contributed by atoms with Gasteiger partial charge in [-0.25, -0.2) is 9.97 Å². The molecule has 43 heavy (non-hydrogen) atoms. The molecule has 0 aliphatic carbocycles. The van der Waals surface area contributed by atoms with Crippen LogP contribution >= 0.6 is 0 Å². The van der Waals surface area contributed by atoms with Crippen LogP contribution in [0.5, 0.6) is 11.5 Å². The Bertz CT molecular complexity index is 1500. The molecule has 2 aliphatic rings. The fourth-order valence-electron chi connectivity index (χ4n) is 6.34. The van der Waals surface area contributed by atoms with Gasteiger partial charge in [0.15, 0.2) is 0 Å². The number of anilines is 2. The molecular weight excluding hydrogens is 536 g/mol. The van der Waals surface area contributed by atoms with Gasteiger partial charge in [0, 0.05) is 55.6 Å². The highest BCUT2D eigenvalue weighted by atomic mass is 16.5. The Balaban J connectivity index is 1.17. The maximum Gasteiger partial charge on any atom is 0.223 e. The first-order valence-electron chi connectivity index (χ1n) is 15.7. The molecule has 4 aromatic rings. The summed E-state index contributed by atoms with van der Waals surface area (Å²) in [5.74, 6) is 2.33. The number of methoxy groups -OCH3 is 2. The van der Waals surface area contributed by atoms with Crippen LogP contribution in [0.15, 0.2) is 66.9 Å². The van der Waals surface area contributed by atoms with E-state index in [9.17, 15) is 0 Å². The van der Waals surface area contributed by atoms with Gasteiger partial charge in [0.1, 0.15) is 11.5 Å². The molecule has 0 unspecified atom stereocenters. The van der Waals surface area contributed by atoms with Crippen LogP contribution in [0.2, 0.25) is 0 Å². The predicted octanol–water partition coefficient (Wildman–Crippen LogP) is 5.92. The molecule has 8 nitrogen and oxygen atoms in total. The van der Waals surface area contributed by atoms with Crippen LogP contribution in [0.25, 0.3) is 22.0 Å². The van der Waals surface area contributed by atoms with Crippen molar-refractivity contribution >= 4 is 22.4 Å². The van der Waals surface area contributed by atoms with Gasteiger partial charge in [0.25, 0.3) is 0 Å². The van der Waals surface area contributed by atoms with E-state index in [1.54, 1.807) is 14.2 Å². The van der Waals surface area contributed by atoms with Crippen molar-refractivity contribution in [1.82, 2.24) is 19.8 Å². The van der Waals surface area contributed by atoms with Gasteiger partial charge < -0.3 is 24.6 Å². The molecule has 0 saturated carbocycles. The van der Waals surface area contributed by atoms with Crippen molar-refractivity contribution in [2.45, 2.75) is 32.2 Å². The minimum atomic E-state index is 0.606. The van der Waals surface area contributed by atoms with E-state index >= 15 is 0 Å². The number of hydrogen-bond donors (Lipinski definition) is 1. The van der Waals surface area contributed by atoms with Gasteiger partial charge in [-0.1, -0.05) is 24.6 Å². The van der Waals surface area contributed by atoms with Crippen LogP contribution in [-0.4, -0.2) is 86.3 Å². The van der Waals surface area contributed by atoms with Crippen molar-refractivity contribution < 1.29 is 9.47 Å². The topological polar surface area (TPSA) is 66.0 Å². The lowest BCUT2D eigenvalue weighted by Gasteiger charge is -2.37. The zero-order valence-corrected chi connectivity index (χ0v) is 25.6. The second-order valence-electron chi connectivity index (χ2n) is 11.6. The summed E-state index contributed by atoms with van der Waals surface area (Å²) in [7, 11) is 3.42. The normalized spacial score (nSPS) is 16.4. The van der Waals surface area contributed by atoms with E-state index in [2.05, 4.69) is 55.3 Å². The number of hydrogen-bond acceptors (Lipinski definition) is 8. The molecule has 1 aromatic heterocycles. The number of ether oxygens (including phenoxy) is 2. The second-order valence-corrected chi connectivity index (χ2v) is 11.6. The molecule has 3 aromatic carbocycles. The van der Waals surface area contributed by atoms with Crippen molar-refractivity contribution in [2.75, 3.05) is 76.8 Å². The van der Waals surface area contributed by atoms with E-state index in [1.165, 1.54) is 68.3 Å². The van der Waals surface area contributed by atoms with E-state index in [0.717, 1.165) is 54.5 Å². The number of likely N-dealkylation sites (tertiary alicyclic amines) is 1. The zero-order valence-electron chi connectivity index (χ0n) is 25.6. The molecule has 2 fully saturated rings. The van der Waals surface area contributed by atoms with Crippen LogP contribution in [0, 0.1) is 0 Å². The van der Waals surface area contributed by atoms with E-state index in [-0.39, 0.29) is 0 Å². The first-order valence-corrected chi connectivity index (χ1v) is 15.7. The summed E-state index contributed by atoms with van der Waals surface area (Å²) in [6, 6.07) is 20.9. The summed E-state index contributed by atoms with van der Waals surface area (Å²) in [5, 5.41) is 5.78. The minimum Gasteiger partial charge on any atom is -0.497 e. The largest absolute Gasteiger partial charge is 0.497 e. The van der Waals surface area contributed by atoms with Crippen molar-refractivity contribution in [3.63, 3.8) is 0 Å². The zero-order chi connectivity index (χ0) is 29.4. The first kappa shape index (κ1) is 29.2. The number of aromatic nitrogens is 2. The lowest BCUT2D eigenvalue weighted by Crippen LogP contribution is -2.47. The summed E-state index contributed by atoms with van der Waals surface area (Å²) in [5.41, 5.74) is 4.34. The van der Waals surface area contributed by atoms with Gasteiger partial charge in [-0.3, -0.25) is 4.90 Å². The fraction of sp³-hybridized carbons (Fsp3) is 0.429. The van der Waals surface area contributed by atoms with Gasteiger partial charge in [0.2, 0.25) is 5.95 Å². The third-order valence-electron chi connectivity index (χ3n) is 8.79. The van der Waals surface area contributed by atoms with Gasteiger partial charge in [0.05, 0.1) is 19.9 Å². The summed E-state index contributed by atoms with van der Waals surface area (Å²) in [6.45, 7) is 9.80. The van der Waals surface area contributed by atoms with Crippen LogP contribution < -0.4 is 19.7 Å². The van der Waals surface area contributed by atoms with Crippen LogP contribution in [0.1, 0.15) is 31.2 Å². The number of piperidine rings is 1.